The first-order chi connectivity index (χ1) is 7.86. The van der Waals surface area contributed by atoms with Crippen molar-refractivity contribution in [3.63, 3.8) is 0 Å². The quantitative estimate of drug-likeness (QED) is 0.812. The van der Waals surface area contributed by atoms with Gasteiger partial charge in [0.05, 0.1) is 6.26 Å². The Morgan fingerprint density at radius 2 is 2.25 bits per heavy atom. The van der Waals surface area contributed by atoms with Crippen molar-refractivity contribution in [3.05, 3.63) is 23.2 Å². The highest BCUT2D eigenvalue weighted by atomic mass is 32.1. The van der Waals surface area contributed by atoms with Crippen LogP contribution in [0.15, 0.2) is 22.8 Å². The third-order valence-electron chi connectivity index (χ3n) is 3.14. The predicted molar refractivity (Wildman–Crippen MR) is 62.6 cm³/mol. The van der Waals surface area contributed by atoms with Gasteiger partial charge in [-0.1, -0.05) is 12.8 Å². The average Bonchev–Trinajstić information content (AvgIpc) is 2.96. The smallest absolute Gasteiger partial charge is 0.198 e. The number of furan rings is 1. The summed E-state index contributed by atoms with van der Waals surface area (Å²) >= 11 is 5.29. The second-order valence-electron chi connectivity index (χ2n) is 4.14. The predicted octanol–water partition coefficient (Wildman–Crippen LogP) is 3.32. The summed E-state index contributed by atoms with van der Waals surface area (Å²) < 4.78 is 8.17. The first kappa shape index (κ1) is 9.84. The Kier molecular flexibility index (Phi) is 2.40. The minimum absolute atomic E-state index is 0.478. The second kappa shape index (κ2) is 3.90. The fourth-order valence-corrected chi connectivity index (χ4v) is 2.67. The van der Waals surface area contributed by atoms with Crippen LogP contribution in [0.4, 0.5) is 0 Å². The van der Waals surface area contributed by atoms with Crippen molar-refractivity contribution in [1.29, 1.82) is 0 Å². The molecule has 2 heterocycles. The first-order valence-corrected chi connectivity index (χ1v) is 5.98. The van der Waals surface area contributed by atoms with Crippen LogP contribution in [0.3, 0.4) is 0 Å². The van der Waals surface area contributed by atoms with Crippen molar-refractivity contribution >= 4 is 12.2 Å². The number of H-pyrrole nitrogens is 1. The molecule has 5 heteroatoms. The van der Waals surface area contributed by atoms with E-state index < -0.39 is 0 Å². The molecular weight excluding hydrogens is 222 g/mol. The normalized spacial score (nSPS) is 17.0. The van der Waals surface area contributed by atoms with Crippen molar-refractivity contribution in [2.45, 2.75) is 31.7 Å². The summed E-state index contributed by atoms with van der Waals surface area (Å²) in [6.45, 7) is 0. The topological polar surface area (TPSA) is 46.8 Å². The van der Waals surface area contributed by atoms with Crippen LogP contribution in [0.5, 0.6) is 0 Å². The monoisotopic (exact) mass is 235 g/mol. The van der Waals surface area contributed by atoms with Crippen molar-refractivity contribution < 1.29 is 4.42 Å². The van der Waals surface area contributed by atoms with E-state index in [1.54, 1.807) is 6.26 Å². The number of aromatic amines is 1. The van der Waals surface area contributed by atoms with Crippen LogP contribution >= 0.6 is 12.2 Å². The highest BCUT2D eigenvalue weighted by Crippen LogP contribution is 2.33. The summed E-state index contributed by atoms with van der Waals surface area (Å²) in [7, 11) is 0. The molecule has 1 fully saturated rings. The molecule has 0 amide bonds. The van der Waals surface area contributed by atoms with Crippen molar-refractivity contribution in [3.8, 4) is 11.6 Å². The van der Waals surface area contributed by atoms with Crippen molar-refractivity contribution in [2.24, 2.45) is 0 Å². The van der Waals surface area contributed by atoms with E-state index in [4.69, 9.17) is 16.6 Å². The third kappa shape index (κ3) is 1.51. The fraction of sp³-hybridized carbons (Fsp3) is 0.455. The summed E-state index contributed by atoms with van der Waals surface area (Å²) in [4.78, 5) is 0. The summed E-state index contributed by atoms with van der Waals surface area (Å²) in [5.41, 5.74) is 0. The van der Waals surface area contributed by atoms with Gasteiger partial charge < -0.3 is 4.42 Å². The number of rotatable bonds is 2. The number of nitrogens with zero attached hydrogens (tertiary/aromatic N) is 2. The fourth-order valence-electron chi connectivity index (χ4n) is 2.39. The lowest BCUT2D eigenvalue weighted by atomic mass is 10.2. The second-order valence-corrected chi connectivity index (χ2v) is 4.52. The Balaban J connectivity index is 2.09. The van der Waals surface area contributed by atoms with Gasteiger partial charge in [-0.2, -0.15) is 5.10 Å². The molecule has 0 spiro atoms. The van der Waals surface area contributed by atoms with Gasteiger partial charge in [-0.05, 0) is 37.2 Å². The number of hydrogen-bond donors (Lipinski definition) is 1. The van der Waals surface area contributed by atoms with E-state index in [1.807, 2.05) is 12.1 Å². The molecule has 16 heavy (non-hydrogen) atoms. The molecule has 0 aromatic carbocycles. The number of hydrogen-bond acceptors (Lipinski definition) is 3. The minimum Gasteiger partial charge on any atom is -0.461 e. The Bertz CT molecular complexity index is 520. The number of nitrogens with one attached hydrogen (secondary N) is 1. The highest BCUT2D eigenvalue weighted by Gasteiger charge is 2.22. The summed E-state index contributed by atoms with van der Waals surface area (Å²) in [5.74, 6) is 1.60. The molecule has 2 aromatic heterocycles. The molecule has 4 nitrogen and oxygen atoms in total. The van der Waals surface area contributed by atoms with Crippen molar-refractivity contribution in [1.82, 2.24) is 14.8 Å². The van der Waals surface area contributed by atoms with Crippen LogP contribution in [0.25, 0.3) is 11.6 Å². The molecule has 0 bridgehead atoms. The van der Waals surface area contributed by atoms with E-state index in [1.165, 1.54) is 25.7 Å². The molecule has 1 aliphatic rings. The molecule has 0 atom stereocenters. The molecule has 0 unspecified atom stereocenters. The lowest BCUT2D eigenvalue weighted by Crippen LogP contribution is -2.06. The maximum atomic E-state index is 5.38. The highest BCUT2D eigenvalue weighted by molar-refractivity contribution is 7.71. The Morgan fingerprint density at radius 3 is 2.94 bits per heavy atom. The molecule has 1 saturated carbocycles. The van der Waals surface area contributed by atoms with Gasteiger partial charge in [0.15, 0.2) is 16.4 Å². The van der Waals surface area contributed by atoms with Gasteiger partial charge in [0.25, 0.3) is 0 Å². The number of aromatic nitrogens is 3. The molecule has 1 aliphatic carbocycles. The molecule has 2 aromatic rings. The van der Waals surface area contributed by atoms with Crippen LogP contribution in [0.2, 0.25) is 0 Å². The van der Waals surface area contributed by atoms with E-state index in [9.17, 15) is 0 Å². The Hall–Kier alpha value is -1.36. The molecule has 84 valence electrons. The largest absolute Gasteiger partial charge is 0.461 e. The van der Waals surface area contributed by atoms with E-state index in [0.717, 1.165) is 11.6 Å². The lowest BCUT2D eigenvalue weighted by molar-refractivity contribution is 0.502. The SMILES string of the molecule is S=c1[nH]nc(-c2ccco2)n1C1CCCC1. The first-order valence-electron chi connectivity index (χ1n) is 5.57. The van der Waals surface area contributed by atoms with Crippen LogP contribution in [-0.2, 0) is 0 Å². The van der Waals surface area contributed by atoms with Crippen LogP contribution in [-0.4, -0.2) is 14.8 Å². The molecule has 0 aliphatic heterocycles. The van der Waals surface area contributed by atoms with Gasteiger partial charge in [0.1, 0.15) is 0 Å². The summed E-state index contributed by atoms with van der Waals surface area (Å²) in [5, 5.41) is 7.11. The molecule has 0 saturated heterocycles. The maximum Gasteiger partial charge on any atom is 0.198 e. The standard InChI is InChI=1S/C11H13N3OS/c16-11-13-12-10(9-6-3-7-15-9)14(11)8-4-1-2-5-8/h3,6-8H,1-2,4-5H2,(H,13,16). The molecule has 3 rings (SSSR count). The molecule has 1 N–H and O–H groups in total. The van der Waals surface area contributed by atoms with Crippen LogP contribution in [0, 0.1) is 4.77 Å². The van der Waals surface area contributed by atoms with E-state index in [0.29, 0.717) is 10.8 Å². The van der Waals surface area contributed by atoms with E-state index in [2.05, 4.69) is 14.8 Å². The summed E-state index contributed by atoms with van der Waals surface area (Å²) in [6, 6.07) is 4.26. The zero-order valence-corrected chi connectivity index (χ0v) is 9.67. The van der Waals surface area contributed by atoms with Gasteiger partial charge in [-0.3, -0.25) is 9.67 Å². The third-order valence-corrected chi connectivity index (χ3v) is 3.42. The Labute approximate surface area is 98.3 Å². The van der Waals surface area contributed by atoms with Gasteiger partial charge in [-0.15, -0.1) is 0 Å². The van der Waals surface area contributed by atoms with Gasteiger partial charge >= 0.3 is 0 Å². The van der Waals surface area contributed by atoms with Gasteiger partial charge in [-0.25, -0.2) is 0 Å². The average molecular weight is 235 g/mol. The lowest BCUT2D eigenvalue weighted by Gasteiger charge is -2.12. The van der Waals surface area contributed by atoms with E-state index >= 15 is 0 Å². The molecule has 0 radical (unpaired) electrons. The van der Waals surface area contributed by atoms with Gasteiger partial charge in [0.2, 0.25) is 0 Å². The zero-order chi connectivity index (χ0) is 11.0. The molecular formula is C11H13N3OS. The van der Waals surface area contributed by atoms with Crippen LogP contribution in [0.1, 0.15) is 31.7 Å². The van der Waals surface area contributed by atoms with E-state index in [-0.39, 0.29) is 0 Å². The minimum atomic E-state index is 0.478. The summed E-state index contributed by atoms with van der Waals surface area (Å²) in [6.07, 6.45) is 6.57. The Morgan fingerprint density at radius 1 is 1.44 bits per heavy atom. The van der Waals surface area contributed by atoms with Crippen LogP contribution < -0.4 is 0 Å². The van der Waals surface area contributed by atoms with Gasteiger partial charge in [0, 0.05) is 6.04 Å². The van der Waals surface area contributed by atoms with Crippen molar-refractivity contribution in [2.75, 3.05) is 0 Å². The maximum absolute atomic E-state index is 5.38. The zero-order valence-electron chi connectivity index (χ0n) is 8.85.